The largest absolute Gasteiger partial charge is 0.476 e. The van der Waals surface area contributed by atoms with Gasteiger partial charge in [0, 0.05) is 19.2 Å². The fourth-order valence-electron chi connectivity index (χ4n) is 4.57. The molecule has 2 aromatic carbocycles. The lowest BCUT2D eigenvalue weighted by Gasteiger charge is -2.24. The summed E-state index contributed by atoms with van der Waals surface area (Å²) in [7, 11) is 3.01. The van der Waals surface area contributed by atoms with Crippen LogP contribution in [-0.4, -0.2) is 79.1 Å². The first-order valence-electron chi connectivity index (χ1n) is 16.5. The number of carbonyl (C=O) groups excluding carboxylic acids is 4. The van der Waals surface area contributed by atoms with Gasteiger partial charge in [-0.3, -0.25) is 24.7 Å². The third-order valence-corrected chi connectivity index (χ3v) is 6.94. The lowest BCUT2D eigenvalue weighted by Crippen LogP contribution is -2.39. The van der Waals surface area contributed by atoms with Gasteiger partial charge in [0.25, 0.3) is 5.91 Å². The number of hydrazone groups is 1. The highest BCUT2D eigenvalue weighted by molar-refractivity contribution is 6.39. The Hall–Kier alpha value is -4.25. The third kappa shape index (κ3) is 14.4. The van der Waals surface area contributed by atoms with Crippen molar-refractivity contribution in [2.75, 3.05) is 39.3 Å². The van der Waals surface area contributed by atoms with Crippen LogP contribution in [0.3, 0.4) is 0 Å². The number of hydrogen-bond donors (Lipinski definition) is 1. The van der Waals surface area contributed by atoms with E-state index in [1.807, 2.05) is 32.0 Å². The Labute approximate surface area is 280 Å². The molecule has 1 N–H and O–H groups in total. The predicted octanol–water partition coefficient (Wildman–Crippen LogP) is 6.47. The number of esters is 1. The number of unbranched alkanes of at least 4 members (excludes halogenated alkanes) is 3. The van der Waals surface area contributed by atoms with Crippen LogP contribution in [-0.2, 0) is 30.4 Å². The van der Waals surface area contributed by atoms with Gasteiger partial charge in [-0.05, 0) is 76.3 Å². The molecule has 0 atom stereocenters. The van der Waals surface area contributed by atoms with Crippen molar-refractivity contribution in [1.82, 2.24) is 9.91 Å². The average Bonchev–Trinajstić information content (AvgIpc) is 3.06. The van der Waals surface area contributed by atoms with Crippen molar-refractivity contribution in [2.24, 2.45) is 5.10 Å². The second-order valence-corrected chi connectivity index (χ2v) is 11.1. The van der Waals surface area contributed by atoms with Crippen LogP contribution in [0.1, 0.15) is 96.0 Å². The molecule has 11 heteroatoms. The molecule has 260 valence electrons. The van der Waals surface area contributed by atoms with Crippen molar-refractivity contribution in [2.45, 2.75) is 92.1 Å². The van der Waals surface area contributed by atoms with E-state index in [-0.39, 0.29) is 31.2 Å². The Morgan fingerprint density at radius 1 is 0.979 bits per heavy atom. The number of nitrogens with zero attached hydrogens (tertiary/aromatic N) is 3. The Morgan fingerprint density at radius 3 is 2.36 bits per heavy atom. The standard InChI is InChI=1S/C34H48N4O7.C2H6/c1-7-9-10-11-21-30(32(41)37(5)24-31(40)28-19-12-13-20-29(28)36-43-6)35-38(25-39)22-15-17-26-16-14-18-27(23-26)45-34(3,4)33(42)44-8-2;1-2/h12-14,16,18-20,23,25,36H,7-11,15,17,21-22,24H2,1-6H3;1-2H3/b35-30-;. The molecule has 0 aromatic heterocycles. The highest BCUT2D eigenvalue weighted by Gasteiger charge is 2.31. The molecular formula is C36H54N4O7. The molecular weight excluding hydrogens is 600 g/mol. The average molecular weight is 655 g/mol. The van der Waals surface area contributed by atoms with Crippen molar-refractivity contribution in [3.63, 3.8) is 0 Å². The van der Waals surface area contributed by atoms with Crippen molar-refractivity contribution in [3.8, 4) is 5.75 Å². The Bertz CT molecular complexity index is 1300. The molecule has 0 bridgehead atoms. The van der Waals surface area contributed by atoms with Crippen LogP contribution in [0.5, 0.6) is 5.75 Å². The number of benzene rings is 2. The minimum absolute atomic E-state index is 0.165. The molecule has 2 rings (SSSR count). The van der Waals surface area contributed by atoms with E-state index in [9.17, 15) is 19.2 Å². The topological polar surface area (TPSA) is 127 Å². The maximum absolute atomic E-state index is 13.5. The first-order chi connectivity index (χ1) is 22.6. The van der Waals surface area contributed by atoms with Gasteiger partial charge in [0.05, 0.1) is 25.9 Å². The first kappa shape index (κ1) is 40.8. The number of anilines is 1. The Kier molecular flexibility index (Phi) is 19.4. The number of ether oxygens (including phenoxy) is 2. The van der Waals surface area contributed by atoms with Crippen LogP contribution >= 0.6 is 0 Å². The van der Waals surface area contributed by atoms with Crippen LogP contribution in [0, 0.1) is 0 Å². The number of carbonyl (C=O) groups is 4. The summed E-state index contributed by atoms with van der Waals surface area (Å²) < 4.78 is 11.0. The van der Waals surface area contributed by atoms with E-state index in [1.165, 1.54) is 17.0 Å². The third-order valence-electron chi connectivity index (χ3n) is 6.94. The smallest absolute Gasteiger partial charge is 0.349 e. The highest BCUT2D eigenvalue weighted by atomic mass is 16.6. The van der Waals surface area contributed by atoms with Gasteiger partial charge in [0.15, 0.2) is 11.4 Å². The Balaban J connectivity index is 0.00000541. The summed E-state index contributed by atoms with van der Waals surface area (Å²) in [5, 5.41) is 5.69. The Morgan fingerprint density at radius 2 is 1.70 bits per heavy atom. The van der Waals surface area contributed by atoms with Gasteiger partial charge in [0.1, 0.15) is 11.5 Å². The number of nitrogens with one attached hydrogen (secondary N) is 1. The van der Waals surface area contributed by atoms with Crippen molar-refractivity contribution >= 4 is 35.5 Å². The van der Waals surface area contributed by atoms with Crippen LogP contribution in [0.4, 0.5) is 5.69 Å². The summed E-state index contributed by atoms with van der Waals surface area (Å²) in [4.78, 5) is 57.1. The maximum Gasteiger partial charge on any atom is 0.349 e. The van der Waals surface area contributed by atoms with Gasteiger partial charge >= 0.3 is 5.97 Å². The number of rotatable bonds is 21. The van der Waals surface area contributed by atoms with Gasteiger partial charge in [0.2, 0.25) is 6.41 Å². The highest BCUT2D eigenvalue weighted by Crippen LogP contribution is 2.22. The van der Waals surface area contributed by atoms with Crippen LogP contribution in [0.2, 0.25) is 0 Å². The second-order valence-electron chi connectivity index (χ2n) is 11.1. The summed E-state index contributed by atoms with van der Waals surface area (Å²) in [6.45, 7) is 11.5. The van der Waals surface area contributed by atoms with E-state index in [0.717, 1.165) is 31.2 Å². The molecule has 2 amide bonds. The monoisotopic (exact) mass is 654 g/mol. The van der Waals surface area contributed by atoms with Gasteiger partial charge in [-0.15, -0.1) is 0 Å². The second kappa shape index (κ2) is 22.3. The summed E-state index contributed by atoms with van der Waals surface area (Å²) in [6, 6.07) is 14.3. The normalized spacial score (nSPS) is 11.1. The fourth-order valence-corrected chi connectivity index (χ4v) is 4.57. The van der Waals surface area contributed by atoms with Crippen molar-refractivity contribution in [1.29, 1.82) is 0 Å². The maximum atomic E-state index is 13.5. The predicted molar refractivity (Wildman–Crippen MR) is 185 cm³/mol. The zero-order chi connectivity index (χ0) is 35.2. The van der Waals surface area contributed by atoms with Crippen molar-refractivity contribution in [3.05, 3.63) is 59.7 Å². The molecule has 0 fully saturated rings. The molecule has 0 saturated heterocycles. The molecule has 0 radical (unpaired) electrons. The molecule has 0 saturated carbocycles. The number of ketones is 1. The number of aryl methyl sites for hydroxylation is 1. The van der Waals surface area contributed by atoms with E-state index >= 15 is 0 Å². The molecule has 0 aliphatic carbocycles. The van der Waals surface area contributed by atoms with Crippen molar-refractivity contribution < 1.29 is 33.5 Å². The van der Waals surface area contributed by atoms with E-state index in [1.54, 1.807) is 58.2 Å². The summed E-state index contributed by atoms with van der Waals surface area (Å²) in [5.41, 5.74) is 3.64. The summed E-state index contributed by atoms with van der Waals surface area (Å²) in [5.74, 6) is -0.578. The van der Waals surface area contributed by atoms with Gasteiger partial charge < -0.3 is 14.4 Å². The molecule has 47 heavy (non-hydrogen) atoms. The van der Waals surface area contributed by atoms with E-state index in [0.29, 0.717) is 42.7 Å². The zero-order valence-corrected chi connectivity index (χ0v) is 29.5. The number of likely N-dealkylation sites (N-methyl/N-ethyl adjacent to an activating group) is 1. The summed E-state index contributed by atoms with van der Waals surface area (Å²) >= 11 is 0. The molecule has 0 aliphatic heterocycles. The lowest BCUT2D eigenvalue weighted by atomic mass is 10.1. The van der Waals surface area contributed by atoms with Gasteiger partial charge in [-0.2, -0.15) is 5.10 Å². The zero-order valence-electron chi connectivity index (χ0n) is 29.5. The van der Waals surface area contributed by atoms with Crippen LogP contribution in [0.25, 0.3) is 0 Å². The number of hydrogen-bond acceptors (Lipinski definition) is 9. The van der Waals surface area contributed by atoms with E-state index in [2.05, 4.69) is 17.5 Å². The quantitative estimate of drug-likeness (QED) is 0.0406. The van der Waals surface area contributed by atoms with E-state index < -0.39 is 17.5 Å². The molecule has 2 aromatic rings. The number of amides is 2. The summed E-state index contributed by atoms with van der Waals surface area (Å²) in [6.07, 6.45) is 5.91. The van der Waals surface area contributed by atoms with Gasteiger partial charge in [-0.25, -0.2) is 9.80 Å². The molecule has 0 aliphatic rings. The van der Waals surface area contributed by atoms with Crippen LogP contribution < -0.4 is 10.2 Å². The molecule has 0 unspecified atom stereocenters. The molecule has 11 nitrogen and oxygen atoms in total. The first-order valence-corrected chi connectivity index (χ1v) is 16.5. The lowest BCUT2D eigenvalue weighted by molar-refractivity contribution is -0.158. The number of para-hydroxylation sites is 1. The minimum Gasteiger partial charge on any atom is -0.476 e. The van der Waals surface area contributed by atoms with Gasteiger partial charge in [-0.1, -0.05) is 64.3 Å². The molecule has 0 heterocycles. The van der Waals surface area contributed by atoms with E-state index in [4.69, 9.17) is 14.3 Å². The van der Waals surface area contributed by atoms with Crippen LogP contribution in [0.15, 0.2) is 53.6 Å². The number of Topliss-reactive ketones (excluding diaryl/α,β-unsaturated/α-hetero) is 1. The molecule has 0 spiro atoms. The SMILES string of the molecule is CC.CCCCCC/C(=N/N(C=O)CCCc1cccc(OC(C)(C)C(=O)OCC)c1)C(=O)N(C)CC(=O)c1ccccc1NOC. The fraction of sp³-hybridized carbons (Fsp3) is 0.528. The minimum atomic E-state index is -1.14.